The van der Waals surface area contributed by atoms with E-state index in [1.54, 1.807) is 10.9 Å². The molecule has 1 aromatic heterocycles. The van der Waals surface area contributed by atoms with Crippen molar-refractivity contribution in [3.05, 3.63) is 18.5 Å². The molecule has 72 valence electrons. The van der Waals surface area contributed by atoms with Crippen molar-refractivity contribution in [3.63, 3.8) is 0 Å². The Morgan fingerprint density at radius 3 is 3.08 bits per heavy atom. The first-order valence-corrected chi connectivity index (χ1v) is 4.73. The van der Waals surface area contributed by atoms with Crippen LogP contribution >= 0.6 is 0 Å². The van der Waals surface area contributed by atoms with E-state index in [1.165, 1.54) is 12.8 Å². The summed E-state index contributed by atoms with van der Waals surface area (Å²) < 4.78 is 1.75. The summed E-state index contributed by atoms with van der Waals surface area (Å²) in [6.45, 7) is 1.25. The summed E-state index contributed by atoms with van der Waals surface area (Å²) in [5.41, 5.74) is 0. The van der Waals surface area contributed by atoms with Crippen molar-refractivity contribution in [2.75, 3.05) is 6.54 Å². The average Bonchev–Trinajstić information content (AvgIpc) is 2.82. The van der Waals surface area contributed by atoms with Crippen molar-refractivity contribution >= 4 is 0 Å². The monoisotopic (exact) mass is 181 g/mol. The van der Waals surface area contributed by atoms with Gasteiger partial charge in [-0.15, -0.1) is 0 Å². The van der Waals surface area contributed by atoms with Crippen LogP contribution in [-0.4, -0.2) is 33.6 Å². The third-order valence-corrected chi connectivity index (χ3v) is 2.18. The van der Waals surface area contributed by atoms with Gasteiger partial charge in [-0.3, -0.25) is 4.68 Å². The maximum Gasteiger partial charge on any atom is 0.0860 e. The maximum atomic E-state index is 9.57. The summed E-state index contributed by atoms with van der Waals surface area (Å²) in [6, 6.07) is 2.52. The van der Waals surface area contributed by atoms with Crippen LogP contribution in [0.25, 0.3) is 0 Å². The first kappa shape index (κ1) is 8.72. The molecule has 1 aliphatic carbocycles. The molecule has 0 unspecified atom stereocenters. The van der Waals surface area contributed by atoms with E-state index in [0.29, 0.717) is 19.1 Å². The molecule has 0 radical (unpaired) electrons. The third kappa shape index (κ3) is 2.82. The van der Waals surface area contributed by atoms with Crippen LogP contribution in [0.15, 0.2) is 18.5 Å². The van der Waals surface area contributed by atoms with Gasteiger partial charge in [0.2, 0.25) is 0 Å². The quantitative estimate of drug-likeness (QED) is 0.672. The Balaban J connectivity index is 1.68. The molecule has 0 aliphatic heterocycles. The molecule has 0 bridgehead atoms. The molecule has 1 fully saturated rings. The van der Waals surface area contributed by atoms with E-state index in [0.717, 1.165) is 0 Å². The van der Waals surface area contributed by atoms with Gasteiger partial charge in [0.15, 0.2) is 0 Å². The zero-order valence-electron chi connectivity index (χ0n) is 7.56. The molecule has 1 aliphatic rings. The van der Waals surface area contributed by atoms with Crippen LogP contribution in [0.5, 0.6) is 0 Å². The van der Waals surface area contributed by atoms with Gasteiger partial charge in [-0.2, -0.15) is 5.10 Å². The highest BCUT2D eigenvalue weighted by atomic mass is 16.3. The van der Waals surface area contributed by atoms with Crippen molar-refractivity contribution in [1.82, 2.24) is 15.1 Å². The second kappa shape index (κ2) is 3.89. The number of aliphatic hydroxyl groups excluding tert-OH is 1. The van der Waals surface area contributed by atoms with Crippen molar-refractivity contribution in [3.8, 4) is 0 Å². The molecule has 0 spiro atoms. The normalized spacial score (nSPS) is 18.8. The minimum atomic E-state index is -0.333. The molecular formula is C9H15N3O. The van der Waals surface area contributed by atoms with Gasteiger partial charge in [-0.1, -0.05) is 0 Å². The molecule has 1 aromatic rings. The number of aromatic nitrogens is 2. The highest BCUT2D eigenvalue weighted by Gasteiger charge is 2.21. The fourth-order valence-corrected chi connectivity index (χ4v) is 1.28. The second-order valence-corrected chi connectivity index (χ2v) is 3.56. The Kier molecular flexibility index (Phi) is 2.61. The van der Waals surface area contributed by atoms with Crippen LogP contribution in [0.1, 0.15) is 12.8 Å². The van der Waals surface area contributed by atoms with E-state index in [1.807, 2.05) is 12.3 Å². The van der Waals surface area contributed by atoms with E-state index < -0.39 is 0 Å². The van der Waals surface area contributed by atoms with E-state index in [2.05, 4.69) is 10.4 Å². The van der Waals surface area contributed by atoms with Crippen molar-refractivity contribution < 1.29 is 5.11 Å². The van der Waals surface area contributed by atoms with Crippen LogP contribution in [0.3, 0.4) is 0 Å². The van der Waals surface area contributed by atoms with Gasteiger partial charge < -0.3 is 10.4 Å². The van der Waals surface area contributed by atoms with Gasteiger partial charge in [0.05, 0.1) is 12.6 Å². The zero-order chi connectivity index (χ0) is 9.10. The van der Waals surface area contributed by atoms with Crippen LogP contribution in [0.2, 0.25) is 0 Å². The van der Waals surface area contributed by atoms with Gasteiger partial charge in [0.25, 0.3) is 0 Å². The Morgan fingerprint density at radius 1 is 1.62 bits per heavy atom. The molecule has 4 heteroatoms. The largest absolute Gasteiger partial charge is 0.390 e. The molecule has 0 saturated heterocycles. The highest BCUT2D eigenvalue weighted by Crippen LogP contribution is 2.18. The third-order valence-electron chi connectivity index (χ3n) is 2.18. The molecule has 2 rings (SSSR count). The van der Waals surface area contributed by atoms with Gasteiger partial charge in [0, 0.05) is 25.0 Å². The second-order valence-electron chi connectivity index (χ2n) is 3.56. The summed E-state index contributed by atoms with van der Waals surface area (Å²) in [5, 5.41) is 16.9. The summed E-state index contributed by atoms with van der Waals surface area (Å²) in [4.78, 5) is 0. The first-order valence-electron chi connectivity index (χ1n) is 4.73. The van der Waals surface area contributed by atoms with Crippen LogP contribution in [0.4, 0.5) is 0 Å². The summed E-state index contributed by atoms with van der Waals surface area (Å²) in [5.74, 6) is 0. The Labute approximate surface area is 77.6 Å². The molecule has 13 heavy (non-hydrogen) atoms. The van der Waals surface area contributed by atoms with Crippen LogP contribution < -0.4 is 5.32 Å². The molecule has 1 heterocycles. The highest BCUT2D eigenvalue weighted by molar-refractivity contribution is 4.82. The lowest BCUT2D eigenvalue weighted by Gasteiger charge is -2.10. The lowest BCUT2D eigenvalue weighted by Crippen LogP contribution is -2.31. The fraction of sp³-hybridized carbons (Fsp3) is 0.667. The standard InChI is InChI=1S/C9H15N3O/c13-9(6-10-8-2-3-8)7-12-5-1-4-11-12/h1,4-5,8-10,13H,2-3,6-7H2/t9-/m0/s1. The van der Waals surface area contributed by atoms with E-state index >= 15 is 0 Å². The van der Waals surface area contributed by atoms with Crippen LogP contribution in [-0.2, 0) is 6.54 Å². The molecule has 0 aromatic carbocycles. The molecule has 1 atom stereocenters. The SMILES string of the molecule is O[C@@H](CNC1CC1)Cn1cccn1. The van der Waals surface area contributed by atoms with Gasteiger partial charge in [-0.05, 0) is 18.9 Å². The minimum absolute atomic E-state index is 0.333. The first-order chi connectivity index (χ1) is 6.34. The molecule has 2 N–H and O–H groups in total. The summed E-state index contributed by atoms with van der Waals surface area (Å²) in [7, 11) is 0. The Hall–Kier alpha value is -0.870. The number of nitrogens with one attached hydrogen (secondary N) is 1. The van der Waals surface area contributed by atoms with Gasteiger partial charge >= 0.3 is 0 Å². The van der Waals surface area contributed by atoms with E-state index in [-0.39, 0.29) is 6.10 Å². The smallest absolute Gasteiger partial charge is 0.0860 e. The zero-order valence-corrected chi connectivity index (χ0v) is 7.56. The fourth-order valence-electron chi connectivity index (χ4n) is 1.28. The Morgan fingerprint density at radius 2 is 2.46 bits per heavy atom. The molecule has 1 saturated carbocycles. The number of aliphatic hydroxyl groups is 1. The van der Waals surface area contributed by atoms with Gasteiger partial charge in [0.1, 0.15) is 0 Å². The minimum Gasteiger partial charge on any atom is -0.390 e. The lowest BCUT2D eigenvalue weighted by molar-refractivity contribution is 0.146. The number of hydrogen-bond acceptors (Lipinski definition) is 3. The van der Waals surface area contributed by atoms with Crippen molar-refractivity contribution in [1.29, 1.82) is 0 Å². The predicted molar refractivity (Wildman–Crippen MR) is 49.3 cm³/mol. The van der Waals surface area contributed by atoms with Crippen molar-refractivity contribution in [2.45, 2.75) is 31.5 Å². The molecule has 4 nitrogen and oxygen atoms in total. The maximum absolute atomic E-state index is 9.57. The topological polar surface area (TPSA) is 50.1 Å². The number of rotatable bonds is 5. The Bertz CT molecular complexity index is 243. The lowest BCUT2D eigenvalue weighted by atomic mass is 10.3. The van der Waals surface area contributed by atoms with Gasteiger partial charge in [-0.25, -0.2) is 0 Å². The van der Waals surface area contributed by atoms with Crippen LogP contribution in [0, 0.1) is 0 Å². The molecular weight excluding hydrogens is 166 g/mol. The molecule has 0 amide bonds. The number of hydrogen-bond donors (Lipinski definition) is 2. The summed E-state index contributed by atoms with van der Waals surface area (Å²) in [6.07, 6.45) is 5.77. The summed E-state index contributed by atoms with van der Waals surface area (Å²) >= 11 is 0. The van der Waals surface area contributed by atoms with E-state index in [9.17, 15) is 5.11 Å². The number of nitrogens with zero attached hydrogens (tertiary/aromatic N) is 2. The van der Waals surface area contributed by atoms with Crippen molar-refractivity contribution in [2.24, 2.45) is 0 Å². The van der Waals surface area contributed by atoms with E-state index in [4.69, 9.17) is 0 Å². The average molecular weight is 181 g/mol. The predicted octanol–water partition coefficient (Wildman–Crippen LogP) is -0.00400.